The molecular weight excluding hydrogens is 208 g/mol. The Morgan fingerprint density at radius 3 is 2.06 bits per heavy atom. The van der Waals surface area contributed by atoms with E-state index < -0.39 is 17.5 Å². The highest BCUT2D eigenvalue weighted by atomic mass is 16.4. The molecule has 16 heavy (non-hydrogen) atoms. The Hall–Kier alpha value is -2.36. The van der Waals surface area contributed by atoms with E-state index in [0.717, 1.165) is 11.6 Å². The summed E-state index contributed by atoms with van der Waals surface area (Å²) in [6, 6.07) is 9.04. The summed E-state index contributed by atoms with van der Waals surface area (Å²) in [6.07, 6.45) is 3.82. The zero-order valence-corrected chi connectivity index (χ0v) is 8.25. The van der Waals surface area contributed by atoms with Crippen molar-refractivity contribution in [1.29, 1.82) is 0 Å². The Labute approximate surface area is 92.2 Å². The van der Waals surface area contributed by atoms with Crippen LogP contribution in [0.2, 0.25) is 0 Å². The first kappa shape index (κ1) is 11.7. The smallest absolute Gasteiger partial charge is 0.0733 e. The average molecular weight is 216 g/mol. The monoisotopic (exact) mass is 216 g/mol. The summed E-state index contributed by atoms with van der Waals surface area (Å²) in [5, 5.41) is 20.7. The number of carbonyl (C=O) groups is 2. The Balaban J connectivity index is 2.82. The van der Waals surface area contributed by atoms with Crippen LogP contribution in [-0.2, 0) is 9.59 Å². The van der Waals surface area contributed by atoms with Crippen molar-refractivity contribution < 1.29 is 19.8 Å². The van der Waals surface area contributed by atoms with Gasteiger partial charge in [0.05, 0.1) is 11.9 Å². The van der Waals surface area contributed by atoms with Crippen LogP contribution in [0.15, 0.2) is 48.1 Å². The van der Waals surface area contributed by atoms with E-state index in [4.69, 9.17) is 0 Å². The summed E-state index contributed by atoms with van der Waals surface area (Å²) in [4.78, 5) is 20.7. The van der Waals surface area contributed by atoms with Crippen molar-refractivity contribution in [3.63, 3.8) is 0 Å². The summed E-state index contributed by atoms with van der Waals surface area (Å²) < 4.78 is 0. The van der Waals surface area contributed by atoms with Gasteiger partial charge in [-0.1, -0.05) is 48.6 Å². The highest BCUT2D eigenvalue weighted by Crippen LogP contribution is 2.02. The maximum atomic E-state index is 10.3. The Kier molecular flexibility index (Phi) is 4.03. The molecule has 0 saturated carbocycles. The zero-order chi connectivity index (χ0) is 12.0. The number of rotatable bonds is 4. The van der Waals surface area contributed by atoms with E-state index in [1.807, 2.05) is 18.2 Å². The molecule has 0 aliphatic rings. The molecule has 0 bridgehead atoms. The molecule has 4 heteroatoms. The molecule has 1 aromatic rings. The fourth-order valence-electron chi connectivity index (χ4n) is 1.04. The Morgan fingerprint density at radius 2 is 1.56 bits per heavy atom. The van der Waals surface area contributed by atoms with Gasteiger partial charge in [0, 0.05) is 5.57 Å². The van der Waals surface area contributed by atoms with Gasteiger partial charge in [0.1, 0.15) is 0 Å². The van der Waals surface area contributed by atoms with Gasteiger partial charge in [0.15, 0.2) is 0 Å². The van der Waals surface area contributed by atoms with Crippen LogP contribution in [0.25, 0.3) is 6.08 Å². The minimum Gasteiger partial charge on any atom is -0.545 e. The second-order valence-corrected chi connectivity index (χ2v) is 2.93. The van der Waals surface area contributed by atoms with Crippen molar-refractivity contribution in [2.75, 3.05) is 0 Å². The van der Waals surface area contributed by atoms with E-state index in [-0.39, 0.29) is 0 Å². The SMILES string of the molecule is O=C([O-])C(=C/C=C\c1ccccc1)C(=O)[O-]. The largest absolute Gasteiger partial charge is 0.545 e. The summed E-state index contributed by atoms with van der Waals surface area (Å²) >= 11 is 0. The van der Waals surface area contributed by atoms with Gasteiger partial charge in [0.25, 0.3) is 0 Å². The molecule has 1 aromatic carbocycles. The van der Waals surface area contributed by atoms with Crippen molar-refractivity contribution >= 4 is 18.0 Å². The van der Waals surface area contributed by atoms with Crippen LogP contribution in [0, 0.1) is 0 Å². The standard InChI is InChI=1S/C12H10O4/c13-11(14)10(12(15)16)8-4-7-9-5-2-1-3-6-9/h1-8H,(H,13,14)(H,15,16)/p-2/b7-4-. The second-order valence-electron chi connectivity index (χ2n) is 2.93. The Bertz CT molecular complexity index is 427. The highest BCUT2D eigenvalue weighted by molar-refractivity contribution is 6.10. The van der Waals surface area contributed by atoms with Crippen molar-refractivity contribution in [1.82, 2.24) is 0 Å². The van der Waals surface area contributed by atoms with Crippen LogP contribution in [0.4, 0.5) is 0 Å². The molecule has 0 saturated heterocycles. The van der Waals surface area contributed by atoms with E-state index >= 15 is 0 Å². The number of allylic oxidation sites excluding steroid dienone is 2. The first-order valence-electron chi connectivity index (χ1n) is 4.47. The highest BCUT2D eigenvalue weighted by Gasteiger charge is 1.96. The zero-order valence-electron chi connectivity index (χ0n) is 8.25. The van der Waals surface area contributed by atoms with E-state index in [2.05, 4.69) is 0 Å². The van der Waals surface area contributed by atoms with Crippen molar-refractivity contribution in [2.45, 2.75) is 0 Å². The average Bonchev–Trinajstić information content (AvgIpc) is 2.24. The molecule has 0 aromatic heterocycles. The minimum absolute atomic E-state index is 0.829. The van der Waals surface area contributed by atoms with Crippen molar-refractivity contribution in [3.05, 3.63) is 53.6 Å². The summed E-state index contributed by atoms with van der Waals surface area (Å²) in [7, 11) is 0. The van der Waals surface area contributed by atoms with Crippen LogP contribution in [-0.4, -0.2) is 11.9 Å². The van der Waals surface area contributed by atoms with Gasteiger partial charge in [-0.05, 0) is 5.56 Å². The van der Waals surface area contributed by atoms with Gasteiger partial charge in [-0.15, -0.1) is 0 Å². The van der Waals surface area contributed by atoms with Crippen LogP contribution in [0.5, 0.6) is 0 Å². The molecule has 1 rings (SSSR count). The number of aliphatic carboxylic acids is 2. The van der Waals surface area contributed by atoms with Gasteiger partial charge in [0.2, 0.25) is 0 Å². The lowest BCUT2D eigenvalue weighted by atomic mass is 10.2. The molecule has 0 aliphatic heterocycles. The lowest BCUT2D eigenvalue weighted by molar-refractivity contribution is -0.312. The lowest BCUT2D eigenvalue weighted by Gasteiger charge is -2.07. The normalized spacial score (nSPS) is 10.0. The molecule has 0 N–H and O–H groups in total. The number of hydrogen-bond acceptors (Lipinski definition) is 4. The third-order valence-corrected chi connectivity index (χ3v) is 1.79. The first-order chi connectivity index (χ1) is 7.61. The molecule has 0 aliphatic carbocycles. The van der Waals surface area contributed by atoms with E-state index in [0.29, 0.717) is 0 Å². The minimum atomic E-state index is -1.77. The molecule has 0 unspecified atom stereocenters. The van der Waals surface area contributed by atoms with Crippen molar-refractivity contribution in [2.24, 2.45) is 0 Å². The molecule has 0 radical (unpaired) electrons. The third-order valence-electron chi connectivity index (χ3n) is 1.79. The van der Waals surface area contributed by atoms with Gasteiger partial charge in [-0.3, -0.25) is 0 Å². The number of carbonyl (C=O) groups excluding carboxylic acids is 2. The number of carboxylic acids is 2. The molecule has 82 valence electrons. The fraction of sp³-hybridized carbons (Fsp3) is 0. The van der Waals surface area contributed by atoms with Gasteiger partial charge >= 0.3 is 0 Å². The van der Waals surface area contributed by atoms with E-state index in [1.165, 1.54) is 6.08 Å². The van der Waals surface area contributed by atoms with E-state index in [9.17, 15) is 19.8 Å². The molecule has 0 atom stereocenters. The Morgan fingerprint density at radius 1 is 1.00 bits per heavy atom. The van der Waals surface area contributed by atoms with Crippen LogP contribution in [0.3, 0.4) is 0 Å². The van der Waals surface area contributed by atoms with Crippen LogP contribution < -0.4 is 10.2 Å². The fourth-order valence-corrected chi connectivity index (χ4v) is 1.04. The lowest BCUT2D eigenvalue weighted by Crippen LogP contribution is -2.36. The van der Waals surface area contributed by atoms with Gasteiger partial charge < -0.3 is 19.8 Å². The molecule has 0 heterocycles. The predicted molar refractivity (Wildman–Crippen MR) is 53.6 cm³/mol. The number of benzene rings is 1. The molecule has 0 spiro atoms. The van der Waals surface area contributed by atoms with Gasteiger partial charge in [-0.25, -0.2) is 0 Å². The summed E-state index contributed by atoms with van der Waals surface area (Å²) in [5.41, 5.74) is -0.0537. The number of hydrogen-bond donors (Lipinski definition) is 0. The third kappa shape index (κ3) is 3.42. The maximum absolute atomic E-state index is 10.3. The predicted octanol–water partition coefficient (Wildman–Crippen LogP) is -0.874. The molecule has 4 nitrogen and oxygen atoms in total. The van der Waals surface area contributed by atoms with Gasteiger partial charge in [-0.2, -0.15) is 0 Å². The molecule has 0 amide bonds. The summed E-state index contributed by atoms with van der Waals surface area (Å²) in [5.74, 6) is -3.53. The topological polar surface area (TPSA) is 80.3 Å². The van der Waals surface area contributed by atoms with Crippen molar-refractivity contribution in [3.8, 4) is 0 Å². The van der Waals surface area contributed by atoms with Crippen LogP contribution >= 0.6 is 0 Å². The second kappa shape index (κ2) is 5.50. The molecule has 0 fully saturated rings. The van der Waals surface area contributed by atoms with Crippen LogP contribution in [0.1, 0.15) is 5.56 Å². The summed E-state index contributed by atoms with van der Waals surface area (Å²) in [6.45, 7) is 0. The molecular formula is C12H8O4-2. The number of carboxylic acid groups (broad SMARTS) is 2. The van der Waals surface area contributed by atoms with E-state index in [1.54, 1.807) is 18.2 Å². The maximum Gasteiger partial charge on any atom is 0.0733 e. The first-order valence-corrected chi connectivity index (χ1v) is 4.47. The quantitative estimate of drug-likeness (QED) is 0.283.